The van der Waals surface area contributed by atoms with Gasteiger partial charge in [-0.2, -0.15) is 0 Å². The maximum absolute atomic E-state index is 14.8. The number of amides is 4. The van der Waals surface area contributed by atoms with Crippen molar-refractivity contribution in [1.82, 2.24) is 10.2 Å². The average Bonchev–Trinajstić information content (AvgIpc) is 2.92. The molecule has 0 bridgehead atoms. The molecule has 1 N–H and O–H groups in total. The number of fused-ring (bicyclic) bond motifs is 1. The van der Waals surface area contributed by atoms with Crippen LogP contribution < -0.4 is 10.2 Å². The highest BCUT2D eigenvalue weighted by Crippen LogP contribution is 2.34. The molecule has 1 atom stereocenters. The third-order valence-corrected chi connectivity index (χ3v) is 5.86. The van der Waals surface area contributed by atoms with Crippen LogP contribution in [0.15, 0.2) is 12.1 Å². The van der Waals surface area contributed by atoms with Crippen molar-refractivity contribution in [3.63, 3.8) is 0 Å². The van der Waals surface area contributed by atoms with Crippen molar-refractivity contribution in [2.75, 3.05) is 31.7 Å². The van der Waals surface area contributed by atoms with Gasteiger partial charge in [-0.3, -0.25) is 29.4 Å². The second-order valence-corrected chi connectivity index (χ2v) is 7.68. The van der Waals surface area contributed by atoms with Crippen LogP contribution in [0.5, 0.6) is 0 Å². The third-order valence-electron chi connectivity index (χ3n) is 5.86. The molecular formula is C20H22FN3O5. The van der Waals surface area contributed by atoms with Crippen LogP contribution in [0.4, 0.5) is 10.1 Å². The molecule has 0 aromatic heterocycles. The summed E-state index contributed by atoms with van der Waals surface area (Å²) in [4.78, 5) is 51.8. The number of carbonyl (C=O) groups is 4. The quantitative estimate of drug-likeness (QED) is 0.756. The second kappa shape index (κ2) is 7.55. The molecule has 1 aromatic carbocycles. The fourth-order valence-electron chi connectivity index (χ4n) is 4.30. The van der Waals surface area contributed by atoms with Crippen molar-refractivity contribution in [2.24, 2.45) is 5.92 Å². The van der Waals surface area contributed by atoms with Crippen molar-refractivity contribution in [2.45, 2.75) is 31.7 Å². The number of anilines is 1. The van der Waals surface area contributed by atoms with E-state index in [0.29, 0.717) is 25.6 Å². The van der Waals surface area contributed by atoms with Gasteiger partial charge < -0.3 is 9.64 Å². The van der Waals surface area contributed by atoms with Gasteiger partial charge in [0.1, 0.15) is 11.9 Å². The van der Waals surface area contributed by atoms with Crippen molar-refractivity contribution < 1.29 is 28.3 Å². The Morgan fingerprint density at radius 1 is 1.07 bits per heavy atom. The number of ether oxygens (including phenoxy) is 1. The first-order chi connectivity index (χ1) is 13.9. The van der Waals surface area contributed by atoms with Gasteiger partial charge in [0.15, 0.2) is 0 Å². The molecule has 0 radical (unpaired) electrons. The number of carbonyl (C=O) groups excluding carboxylic acids is 4. The standard InChI is InChI=1S/C20H22FN3O5/c1-29-10-11-4-6-23(7-5-11)16-9-13-12(8-14(16)21)19(27)24(20(13)28)15-2-3-17(25)22-18(15)26/h8-9,11,15H,2-7,10H2,1H3,(H,22,25,26). The summed E-state index contributed by atoms with van der Waals surface area (Å²) in [5.74, 6) is -2.61. The van der Waals surface area contributed by atoms with Crippen molar-refractivity contribution in [3.8, 4) is 0 Å². The topological polar surface area (TPSA) is 96.0 Å². The molecule has 0 saturated carbocycles. The molecule has 0 aliphatic carbocycles. The van der Waals surface area contributed by atoms with E-state index < -0.39 is 35.5 Å². The van der Waals surface area contributed by atoms with E-state index in [9.17, 15) is 23.6 Å². The molecular weight excluding hydrogens is 381 g/mol. The number of hydrogen-bond donors (Lipinski definition) is 1. The molecule has 1 unspecified atom stereocenters. The van der Waals surface area contributed by atoms with Gasteiger partial charge in [-0.25, -0.2) is 4.39 Å². The molecule has 29 heavy (non-hydrogen) atoms. The Labute approximate surface area is 167 Å². The maximum atomic E-state index is 14.8. The van der Waals surface area contributed by atoms with E-state index in [4.69, 9.17) is 4.74 Å². The minimum Gasteiger partial charge on any atom is -0.384 e. The number of nitrogens with one attached hydrogen (secondary N) is 1. The molecule has 2 fully saturated rings. The van der Waals surface area contributed by atoms with Crippen LogP contribution >= 0.6 is 0 Å². The number of rotatable bonds is 4. The van der Waals surface area contributed by atoms with Crippen LogP contribution in [0.25, 0.3) is 0 Å². The summed E-state index contributed by atoms with van der Waals surface area (Å²) in [6.07, 6.45) is 1.80. The largest absolute Gasteiger partial charge is 0.384 e. The Bertz CT molecular complexity index is 894. The summed E-state index contributed by atoms with van der Waals surface area (Å²) in [7, 11) is 1.66. The molecule has 9 heteroatoms. The summed E-state index contributed by atoms with van der Waals surface area (Å²) in [6, 6.07) is 1.43. The van der Waals surface area contributed by atoms with E-state index in [1.807, 2.05) is 4.90 Å². The average molecular weight is 403 g/mol. The minimum atomic E-state index is -1.06. The Kier molecular flexibility index (Phi) is 5.08. The first kappa shape index (κ1) is 19.5. The van der Waals surface area contributed by atoms with E-state index in [2.05, 4.69) is 5.32 Å². The Morgan fingerprint density at radius 2 is 1.72 bits per heavy atom. The van der Waals surface area contributed by atoms with Gasteiger partial charge in [-0.1, -0.05) is 0 Å². The number of halogens is 1. The van der Waals surface area contributed by atoms with E-state index in [1.165, 1.54) is 6.07 Å². The molecule has 4 rings (SSSR count). The fourth-order valence-corrected chi connectivity index (χ4v) is 4.30. The van der Waals surface area contributed by atoms with E-state index >= 15 is 0 Å². The molecule has 3 heterocycles. The highest BCUT2D eigenvalue weighted by atomic mass is 19.1. The lowest BCUT2D eigenvalue weighted by Crippen LogP contribution is -2.54. The van der Waals surface area contributed by atoms with Crippen molar-refractivity contribution in [3.05, 3.63) is 29.1 Å². The number of imide groups is 2. The number of piperidine rings is 2. The highest BCUT2D eigenvalue weighted by Gasteiger charge is 2.45. The van der Waals surface area contributed by atoms with Crippen LogP contribution in [0.2, 0.25) is 0 Å². The van der Waals surface area contributed by atoms with Gasteiger partial charge >= 0.3 is 0 Å². The van der Waals surface area contributed by atoms with E-state index in [1.54, 1.807) is 7.11 Å². The first-order valence-corrected chi connectivity index (χ1v) is 9.69. The van der Waals surface area contributed by atoms with Crippen molar-refractivity contribution >= 4 is 29.3 Å². The summed E-state index contributed by atoms with van der Waals surface area (Å²) in [5.41, 5.74) is 0.330. The van der Waals surface area contributed by atoms with Gasteiger partial charge in [0, 0.05) is 33.2 Å². The fraction of sp³-hybridized carbons (Fsp3) is 0.500. The molecule has 1 aromatic rings. The zero-order chi connectivity index (χ0) is 20.7. The summed E-state index contributed by atoms with van der Waals surface area (Å²) in [5, 5.41) is 2.15. The predicted molar refractivity (Wildman–Crippen MR) is 99.9 cm³/mol. The van der Waals surface area contributed by atoms with Crippen LogP contribution in [0.1, 0.15) is 46.4 Å². The lowest BCUT2D eigenvalue weighted by atomic mass is 9.97. The lowest BCUT2D eigenvalue weighted by Gasteiger charge is -2.33. The number of methoxy groups -OCH3 is 1. The van der Waals surface area contributed by atoms with Crippen molar-refractivity contribution in [1.29, 1.82) is 0 Å². The molecule has 4 amide bonds. The van der Waals surface area contributed by atoms with E-state index in [0.717, 1.165) is 23.8 Å². The summed E-state index contributed by atoms with van der Waals surface area (Å²) < 4.78 is 20.0. The second-order valence-electron chi connectivity index (χ2n) is 7.68. The Balaban J connectivity index is 1.58. The van der Waals surface area contributed by atoms with Gasteiger partial charge in [-0.05, 0) is 37.3 Å². The van der Waals surface area contributed by atoms with Crippen LogP contribution in [-0.4, -0.2) is 61.4 Å². The lowest BCUT2D eigenvalue weighted by molar-refractivity contribution is -0.136. The molecule has 3 aliphatic heterocycles. The normalized spacial score (nSPS) is 22.9. The summed E-state index contributed by atoms with van der Waals surface area (Å²) >= 11 is 0. The van der Waals surface area contributed by atoms with Crippen LogP contribution in [-0.2, 0) is 14.3 Å². The molecule has 0 spiro atoms. The number of nitrogens with zero attached hydrogens (tertiary/aromatic N) is 2. The van der Waals surface area contributed by atoms with Gasteiger partial charge in [0.2, 0.25) is 11.8 Å². The molecule has 8 nitrogen and oxygen atoms in total. The zero-order valence-corrected chi connectivity index (χ0v) is 16.1. The molecule has 3 aliphatic rings. The smallest absolute Gasteiger partial charge is 0.262 e. The Morgan fingerprint density at radius 3 is 2.34 bits per heavy atom. The van der Waals surface area contributed by atoms with Crippen LogP contribution in [0.3, 0.4) is 0 Å². The third kappa shape index (κ3) is 3.39. The SMILES string of the molecule is COCC1CCN(c2cc3c(cc2F)C(=O)N(C2CCC(=O)NC2=O)C3=O)CC1. The number of hydrogen-bond acceptors (Lipinski definition) is 6. The molecule has 154 valence electrons. The number of benzene rings is 1. The predicted octanol–water partition coefficient (Wildman–Crippen LogP) is 1.09. The van der Waals surface area contributed by atoms with Gasteiger partial charge in [0.05, 0.1) is 16.8 Å². The monoisotopic (exact) mass is 403 g/mol. The highest BCUT2D eigenvalue weighted by molar-refractivity contribution is 6.23. The Hall–Kier alpha value is -2.81. The minimum absolute atomic E-state index is 0.0415. The van der Waals surface area contributed by atoms with Gasteiger partial charge in [-0.15, -0.1) is 0 Å². The van der Waals surface area contributed by atoms with Gasteiger partial charge in [0.25, 0.3) is 11.8 Å². The maximum Gasteiger partial charge on any atom is 0.262 e. The molecule has 2 saturated heterocycles. The first-order valence-electron chi connectivity index (χ1n) is 9.69. The zero-order valence-electron chi connectivity index (χ0n) is 16.1. The summed E-state index contributed by atoms with van der Waals surface area (Å²) in [6.45, 7) is 1.92. The van der Waals surface area contributed by atoms with E-state index in [-0.39, 0.29) is 29.7 Å². The van der Waals surface area contributed by atoms with Crippen LogP contribution in [0, 0.1) is 11.7 Å².